The van der Waals surface area contributed by atoms with Gasteiger partial charge in [-0.1, -0.05) is 30.3 Å². The first-order valence-corrected chi connectivity index (χ1v) is 11.1. The van der Waals surface area contributed by atoms with Crippen LogP contribution in [0.5, 0.6) is 0 Å². The van der Waals surface area contributed by atoms with Crippen LogP contribution in [0, 0.1) is 11.6 Å². The number of pyridine rings is 1. The normalized spacial score (nSPS) is 11.6. The van der Waals surface area contributed by atoms with Crippen molar-refractivity contribution in [3.63, 3.8) is 0 Å². The molecule has 0 saturated carbocycles. The monoisotopic (exact) mass is 442 g/mol. The van der Waals surface area contributed by atoms with Gasteiger partial charge >= 0.3 is 0 Å². The zero-order chi connectivity index (χ0) is 22.2. The maximum Gasteiger partial charge on any atom is 0.190 e. The smallest absolute Gasteiger partial charge is 0.190 e. The van der Waals surface area contributed by atoms with Crippen LogP contribution in [0.3, 0.4) is 0 Å². The lowest BCUT2D eigenvalue weighted by Gasteiger charge is -2.12. The quantitative estimate of drug-likeness (QED) is 0.505. The molecule has 0 spiro atoms. The zero-order valence-corrected chi connectivity index (χ0v) is 17.0. The third-order valence-electron chi connectivity index (χ3n) is 4.53. The molecule has 0 unspecified atom stereocenters. The highest BCUT2D eigenvalue weighted by atomic mass is 32.2. The number of anilines is 1. The largest absolute Gasteiger partial charge is 0.383 e. The molecule has 158 valence electrons. The van der Waals surface area contributed by atoms with E-state index in [0.29, 0.717) is 16.7 Å². The van der Waals surface area contributed by atoms with E-state index in [2.05, 4.69) is 20.5 Å². The maximum atomic E-state index is 14.3. The molecule has 2 heterocycles. The third-order valence-corrected chi connectivity index (χ3v) is 5.37. The fourth-order valence-corrected chi connectivity index (χ4v) is 4.00. The van der Waals surface area contributed by atoms with E-state index in [9.17, 15) is 17.2 Å². The molecule has 2 aromatic carbocycles. The molecule has 0 amide bonds. The molecule has 31 heavy (non-hydrogen) atoms. The van der Waals surface area contributed by atoms with Crippen LogP contribution in [-0.4, -0.2) is 39.9 Å². The maximum absolute atomic E-state index is 14.3. The van der Waals surface area contributed by atoms with E-state index < -0.39 is 21.5 Å². The minimum absolute atomic E-state index is 0.0527. The lowest BCUT2D eigenvalue weighted by molar-refractivity contribution is 0.501. The molecule has 0 radical (unpaired) electrons. The molecular weight excluding hydrogens is 426 g/mol. The van der Waals surface area contributed by atoms with Crippen molar-refractivity contribution in [2.75, 3.05) is 12.0 Å². The predicted octanol–water partition coefficient (Wildman–Crippen LogP) is 2.80. The molecule has 2 N–H and O–H groups in total. The molecule has 0 atom stereocenters. The van der Waals surface area contributed by atoms with E-state index in [1.807, 2.05) is 0 Å². The van der Waals surface area contributed by atoms with Gasteiger partial charge in [0.25, 0.3) is 0 Å². The molecule has 4 rings (SSSR count). The second-order valence-corrected chi connectivity index (χ2v) is 9.01. The number of sulfone groups is 1. The van der Waals surface area contributed by atoms with Crippen LogP contribution in [0.15, 0.2) is 54.7 Å². The molecule has 2 aromatic heterocycles. The van der Waals surface area contributed by atoms with E-state index in [1.165, 1.54) is 18.3 Å². The van der Waals surface area contributed by atoms with Crippen molar-refractivity contribution >= 4 is 15.7 Å². The van der Waals surface area contributed by atoms with Crippen LogP contribution < -0.4 is 5.73 Å². The highest BCUT2D eigenvalue weighted by molar-refractivity contribution is 7.89. The van der Waals surface area contributed by atoms with Gasteiger partial charge in [-0.15, -0.1) is 5.10 Å². The minimum Gasteiger partial charge on any atom is -0.383 e. The first-order chi connectivity index (χ1) is 14.7. The number of nitrogen functional groups attached to an aromatic ring is 1. The van der Waals surface area contributed by atoms with Gasteiger partial charge in [0, 0.05) is 18.0 Å². The summed E-state index contributed by atoms with van der Waals surface area (Å²) < 4.78 is 52.7. The summed E-state index contributed by atoms with van der Waals surface area (Å²) in [7, 11) is -3.28. The summed E-state index contributed by atoms with van der Waals surface area (Å²) in [6.07, 6.45) is 2.65. The Hall–Kier alpha value is -3.73. The lowest BCUT2D eigenvalue weighted by atomic mass is 10.0. The first-order valence-electron chi connectivity index (χ1n) is 8.99. The van der Waals surface area contributed by atoms with Crippen LogP contribution in [-0.2, 0) is 15.6 Å². The van der Waals surface area contributed by atoms with Gasteiger partial charge in [0.15, 0.2) is 27.3 Å². The molecule has 0 bridgehead atoms. The number of hydrogen-bond acceptors (Lipinski definition) is 7. The Morgan fingerprint density at radius 1 is 1.06 bits per heavy atom. The van der Waals surface area contributed by atoms with Crippen molar-refractivity contribution in [3.8, 4) is 28.2 Å². The van der Waals surface area contributed by atoms with Gasteiger partial charge in [-0.25, -0.2) is 22.2 Å². The van der Waals surface area contributed by atoms with Crippen molar-refractivity contribution in [2.24, 2.45) is 0 Å². The Balaban J connectivity index is 1.86. The Kier molecular flexibility index (Phi) is 5.19. The van der Waals surface area contributed by atoms with Gasteiger partial charge in [-0.3, -0.25) is 0 Å². The van der Waals surface area contributed by atoms with E-state index in [1.54, 1.807) is 30.3 Å². The van der Waals surface area contributed by atoms with E-state index in [-0.39, 0.29) is 28.6 Å². The first kappa shape index (κ1) is 20.5. The van der Waals surface area contributed by atoms with E-state index >= 15 is 0 Å². The average molecular weight is 442 g/mol. The number of hydrogen-bond donors (Lipinski definition) is 1. The molecule has 0 aliphatic rings. The van der Waals surface area contributed by atoms with Crippen LogP contribution in [0.4, 0.5) is 14.6 Å². The minimum atomic E-state index is -3.28. The summed E-state index contributed by atoms with van der Waals surface area (Å²) in [6, 6.07) is 12.2. The standard InChI is InChI=1S/C20H16F2N6O2S/c1-31(29,30)11-12-5-2-3-6-14(12)13-9-15(19(23)24-10-13)20-25-26-27-28(20)17-8-4-7-16(21)18(17)22/h2-10H,11H2,1H3,(H2,23,24). The number of aromatic nitrogens is 5. The number of nitrogens with two attached hydrogens (primary N) is 1. The summed E-state index contributed by atoms with van der Waals surface area (Å²) in [5.41, 5.74) is 7.90. The SMILES string of the molecule is CS(=O)(=O)Cc1ccccc1-c1cnc(N)c(-c2nnnn2-c2cccc(F)c2F)c1. The summed E-state index contributed by atoms with van der Waals surface area (Å²) >= 11 is 0. The summed E-state index contributed by atoms with van der Waals surface area (Å²) in [6.45, 7) is 0. The zero-order valence-electron chi connectivity index (χ0n) is 16.2. The second kappa shape index (κ2) is 7.84. The highest BCUT2D eigenvalue weighted by Crippen LogP contribution is 2.32. The van der Waals surface area contributed by atoms with Crippen LogP contribution in [0.1, 0.15) is 5.56 Å². The Bertz CT molecular complexity index is 1390. The van der Waals surface area contributed by atoms with Gasteiger partial charge in [-0.2, -0.15) is 4.68 Å². The molecule has 11 heteroatoms. The lowest BCUT2D eigenvalue weighted by Crippen LogP contribution is -2.06. The number of benzene rings is 2. The van der Waals surface area contributed by atoms with Gasteiger partial charge in [0.05, 0.1) is 11.3 Å². The Morgan fingerprint density at radius 3 is 2.61 bits per heavy atom. The Labute approximate surface area is 176 Å². The summed E-state index contributed by atoms with van der Waals surface area (Å²) in [5.74, 6) is -2.20. The molecule has 0 fully saturated rings. The number of nitrogens with zero attached hydrogens (tertiary/aromatic N) is 5. The van der Waals surface area contributed by atoms with Gasteiger partial charge < -0.3 is 5.73 Å². The van der Waals surface area contributed by atoms with E-state index in [4.69, 9.17) is 5.73 Å². The number of rotatable bonds is 5. The van der Waals surface area contributed by atoms with Crippen LogP contribution >= 0.6 is 0 Å². The van der Waals surface area contributed by atoms with Crippen LogP contribution in [0.25, 0.3) is 28.2 Å². The second-order valence-electron chi connectivity index (χ2n) is 6.87. The molecule has 0 aliphatic carbocycles. The summed E-state index contributed by atoms with van der Waals surface area (Å²) in [5, 5.41) is 11.2. The molecular formula is C20H16F2N6O2S. The Morgan fingerprint density at radius 2 is 1.84 bits per heavy atom. The number of halogens is 2. The van der Waals surface area contributed by atoms with Crippen molar-refractivity contribution in [3.05, 3.63) is 71.9 Å². The molecule has 8 nitrogen and oxygen atoms in total. The van der Waals surface area contributed by atoms with Crippen molar-refractivity contribution in [1.82, 2.24) is 25.2 Å². The third kappa shape index (κ3) is 4.12. The topological polar surface area (TPSA) is 117 Å². The van der Waals surface area contributed by atoms with Crippen molar-refractivity contribution < 1.29 is 17.2 Å². The van der Waals surface area contributed by atoms with Crippen molar-refractivity contribution in [1.29, 1.82) is 0 Å². The van der Waals surface area contributed by atoms with Gasteiger partial charge in [0.2, 0.25) is 0 Å². The fraction of sp³-hybridized carbons (Fsp3) is 0.100. The van der Waals surface area contributed by atoms with Gasteiger partial charge in [-0.05, 0) is 39.8 Å². The average Bonchev–Trinajstić information content (AvgIpc) is 3.19. The van der Waals surface area contributed by atoms with Gasteiger partial charge in [0.1, 0.15) is 11.5 Å². The predicted molar refractivity (Wildman–Crippen MR) is 111 cm³/mol. The highest BCUT2D eigenvalue weighted by Gasteiger charge is 2.20. The van der Waals surface area contributed by atoms with Crippen LogP contribution in [0.2, 0.25) is 0 Å². The number of tetrazole rings is 1. The van der Waals surface area contributed by atoms with Crippen molar-refractivity contribution in [2.45, 2.75) is 5.75 Å². The fourth-order valence-electron chi connectivity index (χ4n) is 3.19. The molecule has 0 aliphatic heterocycles. The van der Waals surface area contributed by atoms with E-state index in [0.717, 1.165) is 17.0 Å². The molecule has 4 aromatic rings. The molecule has 0 saturated heterocycles. The summed E-state index contributed by atoms with van der Waals surface area (Å²) in [4.78, 5) is 4.18.